The standard InChI is InChI=1S/C21H33NO4/c1-4-25-21(24)11-10-19-16(2)8-7-9-20(19)17(3)26-15-18(23)14-22-12-5-6-13-22/h7-9,17-18,23H,4-6,10-15H2,1-3H3. The van der Waals surface area contributed by atoms with Crippen molar-refractivity contribution in [3.8, 4) is 0 Å². The molecule has 146 valence electrons. The van der Waals surface area contributed by atoms with Crippen LogP contribution in [-0.2, 0) is 20.7 Å². The van der Waals surface area contributed by atoms with Crippen molar-refractivity contribution >= 4 is 5.97 Å². The summed E-state index contributed by atoms with van der Waals surface area (Å²) in [4.78, 5) is 14.0. The summed E-state index contributed by atoms with van der Waals surface area (Å²) in [5.41, 5.74) is 3.38. The van der Waals surface area contributed by atoms with Gasteiger partial charge in [0.15, 0.2) is 0 Å². The highest BCUT2D eigenvalue weighted by Crippen LogP contribution is 2.25. The monoisotopic (exact) mass is 363 g/mol. The molecule has 1 aliphatic heterocycles. The van der Waals surface area contributed by atoms with E-state index in [1.165, 1.54) is 12.8 Å². The van der Waals surface area contributed by atoms with E-state index >= 15 is 0 Å². The number of β-amino-alcohol motifs (C(OH)–C–C–N with tert-alkyl or cyclic N) is 1. The van der Waals surface area contributed by atoms with Crippen LogP contribution in [0.3, 0.4) is 0 Å². The second-order valence-corrected chi connectivity index (χ2v) is 7.08. The number of carbonyl (C=O) groups is 1. The molecule has 0 spiro atoms. The lowest BCUT2D eigenvalue weighted by molar-refractivity contribution is -0.143. The summed E-state index contributed by atoms with van der Waals surface area (Å²) in [6, 6.07) is 6.11. The van der Waals surface area contributed by atoms with E-state index in [-0.39, 0.29) is 12.1 Å². The van der Waals surface area contributed by atoms with Gasteiger partial charge in [0.1, 0.15) is 0 Å². The summed E-state index contributed by atoms with van der Waals surface area (Å²) in [6.45, 7) is 9.43. The Morgan fingerprint density at radius 1 is 1.31 bits per heavy atom. The van der Waals surface area contributed by atoms with Crippen LogP contribution in [0.15, 0.2) is 18.2 Å². The SMILES string of the molecule is CCOC(=O)CCc1c(C)cccc1C(C)OCC(O)CN1CCCC1. The summed E-state index contributed by atoms with van der Waals surface area (Å²) >= 11 is 0. The highest BCUT2D eigenvalue weighted by Gasteiger charge is 2.19. The van der Waals surface area contributed by atoms with E-state index in [1.54, 1.807) is 0 Å². The van der Waals surface area contributed by atoms with Crippen molar-refractivity contribution in [1.82, 2.24) is 4.90 Å². The van der Waals surface area contributed by atoms with Gasteiger partial charge in [-0.3, -0.25) is 4.79 Å². The number of rotatable bonds is 10. The molecule has 5 nitrogen and oxygen atoms in total. The minimum absolute atomic E-state index is 0.125. The minimum Gasteiger partial charge on any atom is -0.466 e. The van der Waals surface area contributed by atoms with Crippen molar-refractivity contribution in [2.24, 2.45) is 0 Å². The number of aliphatic hydroxyl groups is 1. The van der Waals surface area contributed by atoms with Crippen LogP contribution in [0.4, 0.5) is 0 Å². The summed E-state index contributed by atoms with van der Waals surface area (Å²) in [7, 11) is 0. The van der Waals surface area contributed by atoms with Crippen LogP contribution >= 0.6 is 0 Å². The molecule has 2 atom stereocenters. The number of aliphatic hydroxyl groups excluding tert-OH is 1. The van der Waals surface area contributed by atoms with E-state index in [9.17, 15) is 9.90 Å². The summed E-state index contributed by atoms with van der Waals surface area (Å²) < 4.78 is 11.0. The predicted molar refractivity (Wildman–Crippen MR) is 102 cm³/mol. The number of hydrogen-bond donors (Lipinski definition) is 1. The van der Waals surface area contributed by atoms with Crippen LogP contribution in [0.25, 0.3) is 0 Å². The third-order valence-corrected chi connectivity index (χ3v) is 4.98. The van der Waals surface area contributed by atoms with Crippen molar-refractivity contribution in [2.45, 2.75) is 58.7 Å². The average molecular weight is 363 g/mol. The Hall–Kier alpha value is -1.43. The first-order valence-electron chi connectivity index (χ1n) is 9.77. The maximum Gasteiger partial charge on any atom is 0.306 e. The fraction of sp³-hybridized carbons (Fsp3) is 0.667. The molecule has 1 saturated heterocycles. The lowest BCUT2D eigenvalue weighted by atomic mass is 9.95. The Balaban J connectivity index is 1.91. The van der Waals surface area contributed by atoms with Crippen LogP contribution in [0, 0.1) is 6.92 Å². The Morgan fingerprint density at radius 3 is 2.73 bits per heavy atom. The van der Waals surface area contributed by atoms with E-state index in [2.05, 4.69) is 17.9 Å². The molecule has 5 heteroatoms. The number of hydrogen-bond acceptors (Lipinski definition) is 5. The Labute approximate surface area is 157 Å². The third-order valence-electron chi connectivity index (χ3n) is 4.98. The maximum absolute atomic E-state index is 11.7. The molecule has 1 heterocycles. The van der Waals surface area contributed by atoms with Crippen molar-refractivity contribution in [1.29, 1.82) is 0 Å². The van der Waals surface area contributed by atoms with Gasteiger partial charge in [0.2, 0.25) is 0 Å². The molecule has 0 amide bonds. The number of likely N-dealkylation sites (tertiary alicyclic amines) is 1. The molecule has 1 N–H and O–H groups in total. The van der Waals surface area contributed by atoms with Crippen molar-refractivity contribution in [3.05, 3.63) is 34.9 Å². The van der Waals surface area contributed by atoms with Gasteiger partial charge in [-0.15, -0.1) is 0 Å². The normalized spacial score (nSPS) is 17.2. The minimum atomic E-state index is -0.469. The van der Waals surface area contributed by atoms with Crippen LogP contribution in [0.1, 0.15) is 55.9 Å². The number of benzene rings is 1. The van der Waals surface area contributed by atoms with Crippen molar-refractivity contribution < 1.29 is 19.4 Å². The van der Waals surface area contributed by atoms with Gasteiger partial charge >= 0.3 is 5.97 Å². The first-order chi connectivity index (χ1) is 12.5. The van der Waals surface area contributed by atoms with E-state index in [0.29, 0.717) is 32.6 Å². The average Bonchev–Trinajstić information content (AvgIpc) is 3.11. The Kier molecular flexibility index (Phi) is 8.55. The van der Waals surface area contributed by atoms with Gasteiger partial charge in [-0.1, -0.05) is 18.2 Å². The molecular formula is C21H33NO4. The van der Waals surface area contributed by atoms with Crippen LogP contribution in [-0.4, -0.2) is 54.9 Å². The second-order valence-electron chi connectivity index (χ2n) is 7.08. The number of esters is 1. The van der Waals surface area contributed by atoms with Gasteiger partial charge in [0.05, 0.1) is 25.4 Å². The van der Waals surface area contributed by atoms with Crippen molar-refractivity contribution in [2.75, 3.05) is 32.8 Å². The Bertz CT molecular complexity index is 569. The number of ether oxygens (including phenoxy) is 2. The van der Waals surface area contributed by atoms with E-state index < -0.39 is 6.10 Å². The molecule has 0 aliphatic carbocycles. The largest absolute Gasteiger partial charge is 0.466 e. The molecule has 0 aromatic heterocycles. The first kappa shape index (κ1) is 20.9. The van der Waals surface area contributed by atoms with Gasteiger partial charge in [0.25, 0.3) is 0 Å². The van der Waals surface area contributed by atoms with E-state index in [0.717, 1.165) is 29.8 Å². The molecule has 26 heavy (non-hydrogen) atoms. The lowest BCUT2D eigenvalue weighted by Crippen LogP contribution is -2.33. The van der Waals surface area contributed by atoms with Gasteiger partial charge < -0.3 is 19.5 Å². The van der Waals surface area contributed by atoms with Crippen molar-refractivity contribution in [3.63, 3.8) is 0 Å². The van der Waals surface area contributed by atoms with Gasteiger partial charge in [-0.2, -0.15) is 0 Å². The van der Waals surface area contributed by atoms with Gasteiger partial charge in [0, 0.05) is 13.0 Å². The fourth-order valence-electron chi connectivity index (χ4n) is 3.57. The van der Waals surface area contributed by atoms with Crippen LogP contribution < -0.4 is 0 Å². The highest BCUT2D eigenvalue weighted by molar-refractivity contribution is 5.69. The molecule has 1 fully saturated rings. The molecule has 0 saturated carbocycles. The Morgan fingerprint density at radius 2 is 2.04 bits per heavy atom. The first-order valence-corrected chi connectivity index (χ1v) is 9.77. The molecule has 2 unspecified atom stereocenters. The summed E-state index contributed by atoms with van der Waals surface area (Å²) in [5.74, 6) is -0.170. The van der Waals surface area contributed by atoms with Gasteiger partial charge in [-0.25, -0.2) is 0 Å². The molecule has 2 rings (SSSR count). The second kappa shape index (κ2) is 10.7. The highest BCUT2D eigenvalue weighted by atomic mass is 16.5. The smallest absolute Gasteiger partial charge is 0.306 e. The third kappa shape index (κ3) is 6.38. The lowest BCUT2D eigenvalue weighted by Gasteiger charge is -2.23. The summed E-state index contributed by atoms with van der Waals surface area (Å²) in [6.07, 6.45) is 2.86. The maximum atomic E-state index is 11.7. The molecule has 1 aromatic carbocycles. The zero-order chi connectivity index (χ0) is 18.9. The molecule has 0 radical (unpaired) electrons. The predicted octanol–water partition coefficient (Wildman–Crippen LogP) is 3.03. The molecule has 1 aliphatic rings. The molecular weight excluding hydrogens is 330 g/mol. The van der Waals surface area contributed by atoms with E-state index in [4.69, 9.17) is 9.47 Å². The fourth-order valence-corrected chi connectivity index (χ4v) is 3.57. The zero-order valence-corrected chi connectivity index (χ0v) is 16.4. The van der Waals surface area contributed by atoms with Crippen LogP contribution in [0.5, 0.6) is 0 Å². The van der Waals surface area contributed by atoms with Gasteiger partial charge in [-0.05, 0) is 69.8 Å². The molecule has 1 aromatic rings. The zero-order valence-electron chi connectivity index (χ0n) is 16.4. The number of carbonyl (C=O) groups excluding carboxylic acids is 1. The van der Waals surface area contributed by atoms with Crippen LogP contribution in [0.2, 0.25) is 0 Å². The topological polar surface area (TPSA) is 59.0 Å². The van der Waals surface area contributed by atoms with E-state index in [1.807, 2.05) is 26.0 Å². The number of aryl methyl sites for hydroxylation is 1. The quantitative estimate of drug-likeness (QED) is 0.648. The number of nitrogens with zero attached hydrogens (tertiary/aromatic N) is 1. The summed E-state index contributed by atoms with van der Waals surface area (Å²) in [5, 5.41) is 10.2. The molecule has 0 bridgehead atoms.